The number of ether oxygens (including phenoxy) is 1. The van der Waals surface area contributed by atoms with Crippen LogP contribution in [0.25, 0.3) is 0 Å². The maximum Gasteiger partial charge on any atom is 0.161 e. The van der Waals surface area contributed by atoms with Gasteiger partial charge in [0, 0.05) is 31.0 Å². The summed E-state index contributed by atoms with van der Waals surface area (Å²) in [5.74, 6) is 0.890. The second-order valence-corrected chi connectivity index (χ2v) is 7.42. The minimum absolute atomic E-state index is 0.00291. The molecule has 2 N–H and O–H groups in total. The molecule has 0 amide bonds. The van der Waals surface area contributed by atoms with Crippen molar-refractivity contribution in [3.8, 4) is 5.75 Å². The Hall–Kier alpha value is -2.54. The molecule has 2 atom stereocenters. The van der Waals surface area contributed by atoms with Crippen LogP contribution in [0.1, 0.15) is 30.9 Å². The van der Waals surface area contributed by atoms with Crippen molar-refractivity contribution in [1.82, 2.24) is 4.98 Å². The van der Waals surface area contributed by atoms with Crippen molar-refractivity contribution in [3.63, 3.8) is 0 Å². The number of nitrogens with two attached hydrogens (primary N) is 1. The van der Waals surface area contributed by atoms with E-state index in [1.54, 1.807) is 30.1 Å². The number of hydrogen-bond acceptors (Lipinski definition) is 6. The van der Waals surface area contributed by atoms with Crippen molar-refractivity contribution in [1.29, 1.82) is 0 Å². The molecule has 0 saturated carbocycles. The first-order valence-electron chi connectivity index (χ1n) is 8.37. The number of anilines is 1. The van der Waals surface area contributed by atoms with Gasteiger partial charge in [-0.25, -0.2) is 9.37 Å². The van der Waals surface area contributed by atoms with E-state index in [2.05, 4.69) is 16.2 Å². The Bertz CT molecular complexity index is 854. The van der Waals surface area contributed by atoms with Crippen LogP contribution in [0.4, 0.5) is 10.2 Å². The van der Waals surface area contributed by atoms with E-state index in [1.807, 2.05) is 12.1 Å². The molecule has 7 heteroatoms. The SMILES string of the molecule is Nc1ncccc1C1CC(CC2=CCC(Oc3ccc(F)cc3)S2)=NO1. The lowest BCUT2D eigenvalue weighted by Gasteiger charge is -2.13. The fraction of sp³-hybridized carbons (Fsp3) is 0.263. The highest BCUT2D eigenvalue weighted by Crippen LogP contribution is 2.38. The summed E-state index contributed by atoms with van der Waals surface area (Å²) in [7, 11) is 0. The number of halogens is 1. The molecule has 5 nitrogen and oxygen atoms in total. The van der Waals surface area contributed by atoms with E-state index in [1.165, 1.54) is 17.0 Å². The summed E-state index contributed by atoms with van der Waals surface area (Å²) >= 11 is 1.67. The van der Waals surface area contributed by atoms with Gasteiger partial charge in [-0.15, -0.1) is 0 Å². The smallest absolute Gasteiger partial charge is 0.161 e. The molecule has 3 heterocycles. The van der Waals surface area contributed by atoms with Crippen molar-refractivity contribution in [2.75, 3.05) is 5.73 Å². The number of rotatable bonds is 5. The first-order chi connectivity index (χ1) is 12.7. The van der Waals surface area contributed by atoms with Crippen LogP contribution in [0.5, 0.6) is 5.75 Å². The first kappa shape index (κ1) is 16.9. The zero-order valence-electron chi connectivity index (χ0n) is 14.0. The average Bonchev–Trinajstić information content (AvgIpc) is 3.27. The lowest BCUT2D eigenvalue weighted by molar-refractivity contribution is 0.0860. The van der Waals surface area contributed by atoms with Gasteiger partial charge in [-0.3, -0.25) is 0 Å². The predicted molar refractivity (Wildman–Crippen MR) is 100 cm³/mol. The van der Waals surface area contributed by atoms with E-state index >= 15 is 0 Å². The van der Waals surface area contributed by atoms with E-state index < -0.39 is 0 Å². The number of benzene rings is 1. The van der Waals surface area contributed by atoms with Gasteiger partial charge < -0.3 is 15.3 Å². The van der Waals surface area contributed by atoms with E-state index in [9.17, 15) is 4.39 Å². The normalized spacial score (nSPS) is 21.9. The molecule has 2 aliphatic heterocycles. The quantitative estimate of drug-likeness (QED) is 0.842. The zero-order valence-corrected chi connectivity index (χ0v) is 14.8. The topological polar surface area (TPSA) is 69.7 Å². The number of thioether (sulfide) groups is 1. The van der Waals surface area contributed by atoms with E-state index in [-0.39, 0.29) is 17.4 Å². The molecule has 26 heavy (non-hydrogen) atoms. The van der Waals surface area contributed by atoms with Crippen LogP contribution in [-0.2, 0) is 4.84 Å². The Morgan fingerprint density at radius 1 is 1.27 bits per heavy atom. The molecule has 0 bridgehead atoms. The van der Waals surface area contributed by atoms with Crippen molar-refractivity contribution >= 4 is 23.3 Å². The molecular formula is C19H18FN3O2S. The van der Waals surface area contributed by atoms with Gasteiger partial charge in [-0.05, 0) is 41.3 Å². The molecule has 1 aromatic carbocycles. The molecule has 4 rings (SSSR count). The third-order valence-electron chi connectivity index (χ3n) is 4.23. The second-order valence-electron chi connectivity index (χ2n) is 6.14. The fourth-order valence-electron chi connectivity index (χ4n) is 2.94. The lowest BCUT2D eigenvalue weighted by atomic mass is 10.0. The van der Waals surface area contributed by atoms with Crippen molar-refractivity contribution in [3.05, 3.63) is 65.0 Å². The van der Waals surface area contributed by atoms with Crippen LogP contribution in [0.15, 0.2) is 58.7 Å². The van der Waals surface area contributed by atoms with Crippen molar-refractivity contribution in [2.45, 2.75) is 30.8 Å². The van der Waals surface area contributed by atoms with Crippen LogP contribution < -0.4 is 10.5 Å². The molecule has 2 unspecified atom stereocenters. The van der Waals surface area contributed by atoms with E-state index in [0.29, 0.717) is 18.0 Å². The molecule has 2 aliphatic rings. The standard InChI is InChI=1S/C19H18FN3O2S/c20-12-3-5-14(6-4-12)24-18-8-7-15(26-18)10-13-11-17(25-23-13)16-2-1-9-22-19(16)21/h1-7,9,17-18H,8,10-11H2,(H2,21,22). The number of pyridine rings is 1. The summed E-state index contributed by atoms with van der Waals surface area (Å²) in [6.45, 7) is 0. The minimum atomic E-state index is -0.265. The van der Waals surface area contributed by atoms with Crippen LogP contribution >= 0.6 is 11.8 Å². The Labute approximate surface area is 155 Å². The van der Waals surface area contributed by atoms with Gasteiger partial charge in [-0.1, -0.05) is 23.0 Å². The summed E-state index contributed by atoms with van der Waals surface area (Å²) in [4.78, 5) is 10.8. The van der Waals surface area contributed by atoms with E-state index in [0.717, 1.165) is 24.1 Å². The molecule has 134 valence electrons. The molecule has 0 fully saturated rings. The van der Waals surface area contributed by atoms with Crippen molar-refractivity contribution in [2.24, 2.45) is 5.16 Å². The van der Waals surface area contributed by atoms with Gasteiger partial charge in [0.05, 0.1) is 5.71 Å². The summed E-state index contributed by atoms with van der Waals surface area (Å²) in [5, 5.41) is 4.21. The Balaban J connectivity index is 1.29. The molecule has 1 aromatic heterocycles. The van der Waals surface area contributed by atoms with Crippen LogP contribution in [-0.4, -0.2) is 16.1 Å². The van der Waals surface area contributed by atoms with Crippen LogP contribution in [0.2, 0.25) is 0 Å². The average molecular weight is 371 g/mol. The largest absolute Gasteiger partial charge is 0.479 e. The number of allylic oxidation sites excluding steroid dienone is 1. The first-order valence-corrected chi connectivity index (χ1v) is 9.25. The van der Waals surface area contributed by atoms with Crippen LogP contribution in [0.3, 0.4) is 0 Å². The predicted octanol–water partition coefficient (Wildman–Crippen LogP) is 4.44. The van der Waals surface area contributed by atoms with Gasteiger partial charge in [-0.2, -0.15) is 0 Å². The van der Waals surface area contributed by atoms with E-state index in [4.69, 9.17) is 15.3 Å². The summed E-state index contributed by atoms with van der Waals surface area (Å²) in [6.07, 6.45) is 5.91. The lowest BCUT2D eigenvalue weighted by Crippen LogP contribution is -2.08. The van der Waals surface area contributed by atoms with Gasteiger partial charge in [0.1, 0.15) is 17.4 Å². The Morgan fingerprint density at radius 2 is 2.12 bits per heavy atom. The zero-order chi connectivity index (χ0) is 17.9. The Kier molecular flexibility index (Phi) is 4.79. The monoisotopic (exact) mass is 371 g/mol. The molecule has 2 aromatic rings. The Morgan fingerprint density at radius 3 is 2.92 bits per heavy atom. The van der Waals surface area contributed by atoms with Crippen molar-refractivity contribution < 1.29 is 14.0 Å². The number of oxime groups is 1. The fourth-order valence-corrected chi connectivity index (χ4v) is 4.08. The van der Waals surface area contributed by atoms with Crippen LogP contribution in [0, 0.1) is 5.82 Å². The molecule has 0 aliphatic carbocycles. The summed E-state index contributed by atoms with van der Waals surface area (Å²) in [6, 6.07) is 9.86. The van der Waals surface area contributed by atoms with Gasteiger partial charge in [0.2, 0.25) is 0 Å². The third-order valence-corrected chi connectivity index (χ3v) is 5.39. The highest BCUT2D eigenvalue weighted by molar-refractivity contribution is 8.03. The maximum atomic E-state index is 13.0. The highest BCUT2D eigenvalue weighted by Gasteiger charge is 2.27. The molecule has 0 saturated heterocycles. The van der Waals surface area contributed by atoms with Gasteiger partial charge in [0.25, 0.3) is 0 Å². The maximum absolute atomic E-state index is 13.0. The van der Waals surface area contributed by atoms with Gasteiger partial charge in [0.15, 0.2) is 11.5 Å². The minimum Gasteiger partial charge on any atom is -0.479 e. The number of aromatic nitrogens is 1. The number of hydrogen-bond donors (Lipinski definition) is 1. The molecular weight excluding hydrogens is 353 g/mol. The summed E-state index contributed by atoms with van der Waals surface area (Å²) in [5.41, 5.74) is 7.77. The molecule has 0 spiro atoms. The number of nitrogens with zero attached hydrogens (tertiary/aromatic N) is 2. The second kappa shape index (κ2) is 7.37. The summed E-state index contributed by atoms with van der Waals surface area (Å²) < 4.78 is 18.8. The number of nitrogen functional groups attached to an aromatic ring is 1. The highest BCUT2D eigenvalue weighted by atomic mass is 32.2. The van der Waals surface area contributed by atoms with Gasteiger partial charge >= 0.3 is 0 Å². The third kappa shape index (κ3) is 3.83. The molecule has 0 radical (unpaired) electrons.